The van der Waals surface area contributed by atoms with Crippen LogP contribution in [0.25, 0.3) is 11.1 Å². The zero-order valence-corrected chi connectivity index (χ0v) is 13.6. The van der Waals surface area contributed by atoms with Gasteiger partial charge in [0.1, 0.15) is 0 Å². The van der Waals surface area contributed by atoms with Gasteiger partial charge in [0.2, 0.25) is 0 Å². The monoisotopic (exact) mass is 306 g/mol. The maximum absolute atomic E-state index is 2.23. The van der Waals surface area contributed by atoms with Gasteiger partial charge < -0.3 is 30.3 Å². The van der Waals surface area contributed by atoms with Crippen molar-refractivity contribution < 1.29 is 21.7 Å². The van der Waals surface area contributed by atoms with Crippen molar-refractivity contribution in [2.45, 2.75) is 12.8 Å². The first-order chi connectivity index (χ1) is 9.95. The molecular weight excluding hydrogens is 288 g/mol. The molecule has 2 aromatic carbocycles. The number of hydrogen-bond donors (Lipinski definition) is 0. The summed E-state index contributed by atoms with van der Waals surface area (Å²) in [6, 6.07) is 16.6. The first-order valence-corrected chi connectivity index (χ1v) is 7.09. The average molecular weight is 306 g/mol. The Kier molecular flexibility index (Phi) is 5.98. The summed E-state index contributed by atoms with van der Waals surface area (Å²) in [4.78, 5) is 0. The van der Waals surface area contributed by atoms with Crippen molar-refractivity contribution in [2.24, 2.45) is 0 Å². The van der Waals surface area contributed by atoms with E-state index in [1.807, 2.05) is 30.3 Å². The van der Waals surface area contributed by atoms with Crippen LogP contribution < -0.4 is 0 Å². The van der Waals surface area contributed by atoms with Crippen molar-refractivity contribution in [3.8, 4) is 0 Å². The van der Waals surface area contributed by atoms with Gasteiger partial charge in [-0.05, 0) is 12.8 Å². The summed E-state index contributed by atoms with van der Waals surface area (Å²) in [6.07, 6.45) is 15.3. The third-order valence-electron chi connectivity index (χ3n) is 3.61. The first-order valence-electron chi connectivity index (χ1n) is 7.09. The van der Waals surface area contributed by atoms with Crippen LogP contribution in [-0.4, -0.2) is 0 Å². The second-order valence-corrected chi connectivity index (χ2v) is 4.96. The van der Waals surface area contributed by atoms with Crippen LogP contribution in [-0.2, 0) is 21.7 Å². The van der Waals surface area contributed by atoms with Gasteiger partial charge in [-0.1, -0.05) is 35.9 Å². The molecule has 0 nitrogen and oxygen atoms in total. The van der Waals surface area contributed by atoms with Crippen LogP contribution in [0.4, 0.5) is 0 Å². The summed E-state index contributed by atoms with van der Waals surface area (Å²) in [5, 5.41) is 0. The molecule has 0 aliphatic heterocycles. The molecule has 0 heterocycles. The molecule has 0 bridgehead atoms. The molecule has 2 aliphatic rings. The molecule has 21 heavy (non-hydrogen) atoms. The van der Waals surface area contributed by atoms with E-state index in [1.165, 1.54) is 22.3 Å². The fourth-order valence-electron chi connectivity index (χ4n) is 2.59. The summed E-state index contributed by atoms with van der Waals surface area (Å²) in [6.45, 7) is 0. The minimum absolute atomic E-state index is 0. The normalized spacial score (nSPS) is 15.0. The number of hydrogen-bond acceptors (Lipinski definition) is 0. The minimum atomic E-state index is 0. The molecule has 0 atom stereocenters. The van der Waals surface area contributed by atoms with E-state index in [-0.39, 0.29) is 21.7 Å². The fraction of sp³-hybridized carbons (Fsp3) is 0.100. The van der Waals surface area contributed by atoms with Crippen LogP contribution >= 0.6 is 0 Å². The van der Waals surface area contributed by atoms with Crippen molar-refractivity contribution in [3.05, 3.63) is 96.1 Å². The van der Waals surface area contributed by atoms with Crippen molar-refractivity contribution in [2.75, 3.05) is 0 Å². The van der Waals surface area contributed by atoms with Gasteiger partial charge in [0.15, 0.2) is 0 Å². The second-order valence-electron chi connectivity index (χ2n) is 4.96. The Morgan fingerprint density at radius 1 is 0.857 bits per heavy atom. The van der Waals surface area contributed by atoms with E-state index in [1.54, 1.807) is 0 Å². The van der Waals surface area contributed by atoms with E-state index in [4.69, 9.17) is 0 Å². The van der Waals surface area contributed by atoms with Crippen molar-refractivity contribution in [1.82, 2.24) is 0 Å². The Hall–Kier alpha value is -1.63. The second kappa shape index (κ2) is 7.97. The van der Waals surface area contributed by atoms with Gasteiger partial charge in [-0.3, -0.25) is 0 Å². The van der Waals surface area contributed by atoms with Crippen molar-refractivity contribution in [3.63, 3.8) is 0 Å². The Bertz CT molecular complexity index is 599. The summed E-state index contributed by atoms with van der Waals surface area (Å²) < 4.78 is 0. The maximum atomic E-state index is 2.23. The Morgan fingerprint density at radius 2 is 1.52 bits per heavy atom. The van der Waals surface area contributed by atoms with E-state index in [0.717, 1.165) is 12.8 Å². The fourth-order valence-corrected chi connectivity index (χ4v) is 2.59. The van der Waals surface area contributed by atoms with Gasteiger partial charge in [0.05, 0.1) is 0 Å². The molecule has 0 amide bonds. The predicted molar refractivity (Wildman–Crippen MR) is 87.5 cm³/mol. The quantitative estimate of drug-likeness (QED) is 0.508. The van der Waals surface area contributed by atoms with Crippen LogP contribution in [0.15, 0.2) is 85.0 Å². The summed E-state index contributed by atoms with van der Waals surface area (Å²) in [5.41, 5.74) is 5.72. The smallest absolute Gasteiger partial charge is 0 e. The van der Waals surface area contributed by atoms with E-state index in [2.05, 4.69) is 54.7 Å². The van der Waals surface area contributed by atoms with Crippen LogP contribution in [0.1, 0.15) is 24.0 Å². The average Bonchev–Trinajstić information content (AvgIpc) is 3.28. The standard InChI is InChI=1S/C15H13.C5H5.Ti/c1-2-7-12(6-1)14-10-5-11-15(14)13-8-3-4-9-13;1-2-4-5-3-1;/h1-6,8,10-11H,7,9H2;1-5H;/q-1;-5;. The molecule has 108 valence electrons. The number of rotatable bonds is 2. The summed E-state index contributed by atoms with van der Waals surface area (Å²) in [7, 11) is 0. The molecule has 0 unspecified atom stereocenters. The third kappa shape index (κ3) is 3.94. The Balaban J connectivity index is 0.000000231. The molecule has 0 saturated carbocycles. The molecule has 2 aliphatic carbocycles. The van der Waals surface area contributed by atoms with Crippen LogP contribution in [0, 0.1) is 0 Å². The molecular formula is C20H18Ti-6. The molecule has 0 radical (unpaired) electrons. The van der Waals surface area contributed by atoms with Crippen molar-refractivity contribution in [1.29, 1.82) is 0 Å². The van der Waals surface area contributed by atoms with Gasteiger partial charge in [-0.15, -0.1) is 28.9 Å². The SMILES string of the molecule is C1=CCC(c2ccc[c-]2C2=CC=CC2)=C1.[Ti].[cH-]1[cH-][cH-][cH-][cH-]1. The molecule has 2 aromatic rings. The zero-order valence-electron chi connectivity index (χ0n) is 12.0. The molecule has 0 aromatic heterocycles. The van der Waals surface area contributed by atoms with E-state index in [0.29, 0.717) is 0 Å². The maximum Gasteiger partial charge on any atom is 0 e. The van der Waals surface area contributed by atoms with Crippen LogP contribution in [0.5, 0.6) is 0 Å². The van der Waals surface area contributed by atoms with Gasteiger partial charge in [0.25, 0.3) is 0 Å². The molecule has 0 spiro atoms. The molecule has 0 fully saturated rings. The van der Waals surface area contributed by atoms with Gasteiger partial charge in [0, 0.05) is 21.7 Å². The molecule has 1 heteroatoms. The predicted octanol–water partition coefficient (Wildman–Crippen LogP) is 5.50. The van der Waals surface area contributed by atoms with E-state index in [9.17, 15) is 0 Å². The molecule has 4 rings (SSSR count). The minimum Gasteiger partial charge on any atom is -0.748 e. The van der Waals surface area contributed by atoms with E-state index < -0.39 is 0 Å². The molecule has 0 saturated heterocycles. The number of allylic oxidation sites excluding steroid dienone is 8. The van der Waals surface area contributed by atoms with E-state index >= 15 is 0 Å². The van der Waals surface area contributed by atoms with Gasteiger partial charge in [-0.25, -0.2) is 0 Å². The van der Waals surface area contributed by atoms with Crippen molar-refractivity contribution >= 4 is 11.1 Å². The largest absolute Gasteiger partial charge is 0.748 e. The molecule has 0 N–H and O–H groups in total. The van der Waals surface area contributed by atoms with Gasteiger partial charge >= 0.3 is 0 Å². The Morgan fingerprint density at radius 3 is 2.10 bits per heavy atom. The topological polar surface area (TPSA) is 0 Å². The van der Waals surface area contributed by atoms with Crippen LogP contribution in [0.3, 0.4) is 0 Å². The van der Waals surface area contributed by atoms with Crippen LogP contribution in [0.2, 0.25) is 0 Å². The zero-order chi connectivity index (χ0) is 13.6. The summed E-state index contributed by atoms with van der Waals surface area (Å²) >= 11 is 0. The first kappa shape index (κ1) is 15.8. The third-order valence-corrected chi connectivity index (χ3v) is 3.61. The summed E-state index contributed by atoms with van der Waals surface area (Å²) in [5.74, 6) is 0. The Labute approximate surface area is 141 Å². The van der Waals surface area contributed by atoms with Gasteiger partial charge in [-0.2, -0.15) is 12.1 Å².